The molecule has 4 nitrogen and oxygen atoms in total. The van der Waals surface area contributed by atoms with Gasteiger partial charge in [-0.15, -0.1) is 0 Å². The van der Waals surface area contributed by atoms with E-state index in [0.717, 1.165) is 12.2 Å². The third-order valence-electron chi connectivity index (χ3n) is 3.72. The molecular weight excluding hydrogens is 240 g/mol. The second-order valence-corrected chi connectivity index (χ2v) is 5.76. The Kier molecular flexibility index (Phi) is 2.73. The van der Waals surface area contributed by atoms with Gasteiger partial charge in [0.2, 0.25) is 5.89 Å². The Bertz CT molecular complexity index is 602. The SMILES string of the molecule is CC1(C)CC1c1noc(CC(=O)c2ccccc2)n1. The van der Waals surface area contributed by atoms with Crippen LogP contribution in [-0.2, 0) is 6.42 Å². The van der Waals surface area contributed by atoms with Crippen molar-refractivity contribution in [3.63, 3.8) is 0 Å². The van der Waals surface area contributed by atoms with Crippen LogP contribution in [0.2, 0.25) is 0 Å². The van der Waals surface area contributed by atoms with Gasteiger partial charge in [-0.05, 0) is 11.8 Å². The van der Waals surface area contributed by atoms with E-state index in [9.17, 15) is 4.79 Å². The molecule has 1 aromatic carbocycles. The van der Waals surface area contributed by atoms with Gasteiger partial charge in [0.25, 0.3) is 0 Å². The lowest BCUT2D eigenvalue weighted by atomic mass is 10.1. The van der Waals surface area contributed by atoms with Crippen molar-refractivity contribution in [3.8, 4) is 0 Å². The zero-order valence-electron chi connectivity index (χ0n) is 11.1. The van der Waals surface area contributed by atoms with Crippen LogP contribution < -0.4 is 0 Å². The number of carbonyl (C=O) groups is 1. The van der Waals surface area contributed by atoms with Crippen molar-refractivity contribution in [1.29, 1.82) is 0 Å². The Morgan fingerprint density at radius 1 is 1.37 bits per heavy atom. The topological polar surface area (TPSA) is 56.0 Å². The Balaban J connectivity index is 1.70. The normalized spacial score (nSPS) is 20.2. The van der Waals surface area contributed by atoms with E-state index in [2.05, 4.69) is 24.0 Å². The predicted octanol–water partition coefficient (Wildman–Crippen LogP) is 3.01. The van der Waals surface area contributed by atoms with Crippen molar-refractivity contribution in [2.75, 3.05) is 0 Å². The third-order valence-corrected chi connectivity index (χ3v) is 3.72. The second kappa shape index (κ2) is 4.30. The largest absolute Gasteiger partial charge is 0.339 e. The monoisotopic (exact) mass is 256 g/mol. The lowest BCUT2D eigenvalue weighted by Gasteiger charge is -1.96. The lowest BCUT2D eigenvalue weighted by molar-refractivity contribution is 0.0983. The summed E-state index contributed by atoms with van der Waals surface area (Å²) in [5, 5.41) is 3.98. The molecule has 0 N–H and O–H groups in total. The summed E-state index contributed by atoms with van der Waals surface area (Å²) in [5.41, 5.74) is 0.943. The number of Topliss-reactive ketones (excluding diaryl/α,β-unsaturated/α-hetero) is 1. The van der Waals surface area contributed by atoms with Crippen molar-refractivity contribution >= 4 is 5.78 Å². The molecule has 1 heterocycles. The van der Waals surface area contributed by atoms with Crippen LogP contribution in [0.25, 0.3) is 0 Å². The number of carbonyl (C=O) groups excluding carboxylic acids is 1. The first kappa shape index (κ1) is 12.1. The first-order chi connectivity index (χ1) is 9.06. The first-order valence-corrected chi connectivity index (χ1v) is 6.47. The molecule has 4 heteroatoms. The summed E-state index contributed by atoms with van der Waals surface area (Å²) in [7, 11) is 0. The minimum atomic E-state index is 0.00542. The molecule has 0 saturated heterocycles. The molecule has 1 unspecified atom stereocenters. The third kappa shape index (κ3) is 2.43. The number of hydrogen-bond donors (Lipinski definition) is 0. The van der Waals surface area contributed by atoms with Crippen LogP contribution in [0.15, 0.2) is 34.9 Å². The molecule has 1 aliphatic rings. The zero-order valence-corrected chi connectivity index (χ0v) is 11.1. The van der Waals surface area contributed by atoms with E-state index < -0.39 is 0 Å². The van der Waals surface area contributed by atoms with Gasteiger partial charge in [0.15, 0.2) is 11.6 Å². The minimum Gasteiger partial charge on any atom is -0.339 e. The number of hydrogen-bond acceptors (Lipinski definition) is 4. The van der Waals surface area contributed by atoms with E-state index in [-0.39, 0.29) is 17.6 Å². The van der Waals surface area contributed by atoms with Gasteiger partial charge >= 0.3 is 0 Å². The summed E-state index contributed by atoms with van der Waals surface area (Å²) in [6.45, 7) is 4.37. The van der Waals surface area contributed by atoms with E-state index >= 15 is 0 Å². The molecule has 3 rings (SSSR count). The van der Waals surface area contributed by atoms with Gasteiger partial charge in [-0.25, -0.2) is 0 Å². The Hall–Kier alpha value is -1.97. The standard InChI is InChI=1S/C15H16N2O2/c1-15(2)9-11(15)14-16-13(19-17-14)8-12(18)10-6-4-3-5-7-10/h3-7,11H,8-9H2,1-2H3. The molecule has 0 aliphatic heterocycles. The molecule has 1 atom stereocenters. The van der Waals surface area contributed by atoms with Gasteiger partial charge < -0.3 is 4.52 Å². The molecule has 1 aliphatic carbocycles. The molecule has 1 saturated carbocycles. The van der Waals surface area contributed by atoms with Gasteiger partial charge in [-0.2, -0.15) is 4.98 Å². The van der Waals surface area contributed by atoms with Crippen LogP contribution in [0, 0.1) is 5.41 Å². The molecule has 0 amide bonds. The highest BCUT2D eigenvalue weighted by Gasteiger charge is 2.49. The first-order valence-electron chi connectivity index (χ1n) is 6.47. The van der Waals surface area contributed by atoms with Crippen molar-refractivity contribution in [2.45, 2.75) is 32.6 Å². The van der Waals surface area contributed by atoms with E-state index in [1.807, 2.05) is 18.2 Å². The number of nitrogens with zero attached hydrogens (tertiary/aromatic N) is 2. The Labute approximate surface area is 111 Å². The van der Waals surface area contributed by atoms with E-state index in [0.29, 0.717) is 17.4 Å². The van der Waals surface area contributed by atoms with Crippen LogP contribution in [0.1, 0.15) is 48.3 Å². The average Bonchev–Trinajstić information content (AvgIpc) is 2.84. The van der Waals surface area contributed by atoms with Crippen molar-refractivity contribution in [2.24, 2.45) is 5.41 Å². The summed E-state index contributed by atoms with van der Waals surface area (Å²) >= 11 is 0. The second-order valence-electron chi connectivity index (χ2n) is 5.76. The zero-order chi connectivity index (χ0) is 13.5. The fourth-order valence-corrected chi connectivity index (χ4v) is 2.25. The van der Waals surface area contributed by atoms with Crippen molar-refractivity contribution in [1.82, 2.24) is 10.1 Å². The molecule has 0 spiro atoms. The fraction of sp³-hybridized carbons (Fsp3) is 0.400. The minimum absolute atomic E-state index is 0.00542. The number of aromatic nitrogens is 2. The Morgan fingerprint density at radius 3 is 2.68 bits per heavy atom. The maximum atomic E-state index is 12.0. The maximum Gasteiger partial charge on any atom is 0.234 e. The van der Waals surface area contributed by atoms with Gasteiger partial charge in [0, 0.05) is 11.5 Å². The highest BCUT2D eigenvalue weighted by atomic mass is 16.5. The molecule has 0 bridgehead atoms. The molecule has 98 valence electrons. The predicted molar refractivity (Wildman–Crippen MR) is 69.9 cm³/mol. The highest BCUT2D eigenvalue weighted by Crippen LogP contribution is 2.57. The molecule has 19 heavy (non-hydrogen) atoms. The number of benzene rings is 1. The fourth-order valence-electron chi connectivity index (χ4n) is 2.25. The van der Waals surface area contributed by atoms with Crippen molar-refractivity contribution < 1.29 is 9.32 Å². The Morgan fingerprint density at radius 2 is 2.05 bits per heavy atom. The maximum absolute atomic E-state index is 12.0. The van der Waals surface area contributed by atoms with Crippen LogP contribution in [0.3, 0.4) is 0 Å². The van der Waals surface area contributed by atoms with Crippen LogP contribution in [0.4, 0.5) is 0 Å². The molecule has 1 fully saturated rings. The van der Waals surface area contributed by atoms with Gasteiger partial charge in [-0.3, -0.25) is 4.79 Å². The quantitative estimate of drug-likeness (QED) is 0.789. The smallest absolute Gasteiger partial charge is 0.234 e. The van der Waals surface area contributed by atoms with E-state index in [4.69, 9.17) is 4.52 Å². The molecule has 0 radical (unpaired) electrons. The summed E-state index contributed by atoms with van der Waals surface area (Å²) in [4.78, 5) is 16.3. The van der Waals surface area contributed by atoms with Crippen molar-refractivity contribution in [3.05, 3.63) is 47.6 Å². The summed E-state index contributed by atoms with van der Waals surface area (Å²) < 4.78 is 5.17. The number of rotatable bonds is 4. The molecule has 2 aromatic rings. The van der Waals surface area contributed by atoms with E-state index in [1.165, 1.54) is 0 Å². The van der Waals surface area contributed by atoms with Crippen LogP contribution >= 0.6 is 0 Å². The summed E-state index contributed by atoms with van der Waals surface area (Å²) in [5.74, 6) is 1.52. The summed E-state index contributed by atoms with van der Waals surface area (Å²) in [6.07, 6.45) is 1.25. The van der Waals surface area contributed by atoms with Crippen LogP contribution in [0.5, 0.6) is 0 Å². The van der Waals surface area contributed by atoms with Gasteiger partial charge in [0.1, 0.15) is 0 Å². The van der Waals surface area contributed by atoms with Crippen LogP contribution in [-0.4, -0.2) is 15.9 Å². The lowest BCUT2D eigenvalue weighted by Crippen LogP contribution is -2.03. The molecular formula is C15H16N2O2. The van der Waals surface area contributed by atoms with Gasteiger partial charge in [0.05, 0.1) is 6.42 Å². The van der Waals surface area contributed by atoms with E-state index in [1.54, 1.807) is 12.1 Å². The average molecular weight is 256 g/mol. The van der Waals surface area contributed by atoms with Gasteiger partial charge in [-0.1, -0.05) is 49.3 Å². The summed E-state index contributed by atoms with van der Waals surface area (Å²) in [6, 6.07) is 9.17. The highest BCUT2D eigenvalue weighted by molar-refractivity contribution is 5.96. The number of ketones is 1. The molecule has 1 aromatic heterocycles.